The predicted molar refractivity (Wildman–Crippen MR) is 76.3 cm³/mol. The Balaban J connectivity index is 2.59. The maximum Gasteiger partial charge on any atom is 0.326 e. The number of ether oxygens (including phenoxy) is 1. The normalized spacial score (nSPS) is 12.3. The molecular weight excluding hydrogens is 258 g/mol. The third kappa shape index (κ3) is 5.67. The van der Waals surface area contributed by atoms with Gasteiger partial charge in [-0.15, -0.1) is 0 Å². The lowest BCUT2D eigenvalue weighted by Crippen LogP contribution is -2.40. The van der Waals surface area contributed by atoms with E-state index >= 15 is 0 Å². The minimum atomic E-state index is -1.07. The second-order valence-electron chi connectivity index (χ2n) is 4.43. The number of carbonyl (C=O) groups excluding carboxylic acids is 1. The topological polar surface area (TPSA) is 75.6 Å². The zero-order chi connectivity index (χ0) is 15.0. The van der Waals surface area contributed by atoms with Gasteiger partial charge in [0.25, 0.3) is 0 Å². The molecule has 1 atom stereocenters. The van der Waals surface area contributed by atoms with Gasteiger partial charge in [-0.3, -0.25) is 4.79 Å². The number of methoxy groups -OCH3 is 1. The minimum absolute atomic E-state index is 0.232. The first-order valence-electron chi connectivity index (χ1n) is 6.30. The molecule has 0 aliphatic rings. The molecule has 0 fully saturated rings. The number of nitrogens with one attached hydrogen (secondary N) is 1. The van der Waals surface area contributed by atoms with Gasteiger partial charge in [-0.05, 0) is 18.6 Å². The van der Waals surface area contributed by atoms with Gasteiger partial charge in [-0.25, -0.2) is 4.79 Å². The summed E-state index contributed by atoms with van der Waals surface area (Å²) in [5.41, 5.74) is 1.99. The Hall–Kier alpha value is -2.14. The Labute approximate surface area is 118 Å². The smallest absolute Gasteiger partial charge is 0.326 e. The molecule has 1 rings (SSSR count). The number of hydrogen-bond acceptors (Lipinski definition) is 3. The average molecular weight is 277 g/mol. The standard InChI is InChI=1S/C15H19NO4/c1-11-4-3-5-12(10-11)6-7-14(17)16-13(15(18)19)8-9-20-2/h3-7,10,13H,8-9H2,1-2H3,(H,16,17)(H,18,19). The molecule has 108 valence electrons. The third-order valence-corrected chi connectivity index (χ3v) is 2.69. The number of aliphatic carboxylic acids is 1. The van der Waals surface area contributed by atoms with E-state index in [0.29, 0.717) is 0 Å². The van der Waals surface area contributed by atoms with Crippen molar-refractivity contribution < 1.29 is 19.4 Å². The molecule has 0 bridgehead atoms. The molecular formula is C15H19NO4. The highest BCUT2D eigenvalue weighted by Crippen LogP contribution is 2.05. The van der Waals surface area contributed by atoms with Gasteiger partial charge >= 0.3 is 5.97 Å². The van der Waals surface area contributed by atoms with Crippen LogP contribution < -0.4 is 5.32 Å². The SMILES string of the molecule is COCCC(NC(=O)C=Cc1cccc(C)c1)C(=O)O. The average Bonchev–Trinajstić information content (AvgIpc) is 2.41. The molecule has 1 unspecified atom stereocenters. The fourth-order valence-electron chi connectivity index (χ4n) is 1.66. The first kappa shape index (κ1) is 15.9. The molecule has 0 aliphatic heterocycles. The third-order valence-electron chi connectivity index (χ3n) is 2.69. The van der Waals surface area contributed by atoms with Crippen LogP contribution in [-0.2, 0) is 14.3 Å². The van der Waals surface area contributed by atoms with Crippen LogP contribution in [0.4, 0.5) is 0 Å². The van der Waals surface area contributed by atoms with Crippen molar-refractivity contribution in [2.75, 3.05) is 13.7 Å². The number of aryl methyl sites for hydroxylation is 1. The fraction of sp³-hybridized carbons (Fsp3) is 0.333. The second kappa shape index (κ2) is 8.12. The molecule has 20 heavy (non-hydrogen) atoms. The van der Waals surface area contributed by atoms with Crippen molar-refractivity contribution in [3.63, 3.8) is 0 Å². The van der Waals surface area contributed by atoms with Crippen LogP contribution in [0.5, 0.6) is 0 Å². The summed E-state index contributed by atoms with van der Waals surface area (Å²) in [5.74, 6) is -1.51. The molecule has 0 radical (unpaired) electrons. The molecule has 0 heterocycles. The van der Waals surface area contributed by atoms with E-state index in [1.165, 1.54) is 13.2 Å². The molecule has 2 N–H and O–H groups in total. The highest BCUT2D eigenvalue weighted by atomic mass is 16.5. The summed E-state index contributed by atoms with van der Waals surface area (Å²) < 4.78 is 4.81. The van der Waals surface area contributed by atoms with Crippen LogP contribution in [0.15, 0.2) is 30.3 Å². The largest absolute Gasteiger partial charge is 0.480 e. The summed E-state index contributed by atoms with van der Waals surface area (Å²) in [6.07, 6.45) is 3.21. The number of rotatable bonds is 7. The van der Waals surface area contributed by atoms with E-state index in [1.807, 2.05) is 31.2 Å². The molecule has 1 aromatic carbocycles. The summed E-state index contributed by atoms with van der Waals surface area (Å²) >= 11 is 0. The van der Waals surface area contributed by atoms with Crippen molar-refractivity contribution in [3.05, 3.63) is 41.5 Å². The number of carboxylic acid groups (broad SMARTS) is 1. The van der Waals surface area contributed by atoms with E-state index < -0.39 is 17.9 Å². The molecule has 0 aromatic heterocycles. The molecule has 0 aliphatic carbocycles. The molecule has 0 saturated heterocycles. The monoisotopic (exact) mass is 277 g/mol. The van der Waals surface area contributed by atoms with Crippen LogP contribution in [0.25, 0.3) is 6.08 Å². The first-order chi connectivity index (χ1) is 9.52. The summed E-state index contributed by atoms with van der Waals surface area (Å²) in [7, 11) is 1.48. The van der Waals surface area contributed by atoms with E-state index in [2.05, 4.69) is 5.32 Å². The van der Waals surface area contributed by atoms with Gasteiger partial charge in [0, 0.05) is 26.2 Å². The summed E-state index contributed by atoms with van der Waals surface area (Å²) in [5, 5.41) is 11.4. The first-order valence-corrected chi connectivity index (χ1v) is 6.30. The Morgan fingerprint density at radius 2 is 2.20 bits per heavy atom. The molecule has 1 aromatic rings. The molecule has 5 heteroatoms. The Bertz CT molecular complexity index is 496. The zero-order valence-electron chi connectivity index (χ0n) is 11.6. The maximum atomic E-state index is 11.7. The number of carboxylic acids is 1. The summed E-state index contributed by atoms with van der Waals surface area (Å²) in [4.78, 5) is 22.6. The lowest BCUT2D eigenvalue weighted by Gasteiger charge is -2.12. The number of benzene rings is 1. The van der Waals surface area contributed by atoms with E-state index in [0.717, 1.165) is 11.1 Å². The van der Waals surface area contributed by atoms with E-state index in [1.54, 1.807) is 6.08 Å². The van der Waals surface area contributed by atoms with Gasteiger partial charge in [0.2, 0.25) is 5.91 Å². The van der Waals surface area contributed by atoms with Crippen LogP contribution in [0.3, 0.4) is 0 Å². The van der Waals surface area contributed by atoms with Gasteiger partial charge in [0.05, 0.1) is 0 Å². The van der Waals surface area contributed by atoms with Crippen molar-refractivity contribution in [2.45, 2.75) is 19.4 Å². The number of hydrogen-bond donors (Lipinski definition) is 2. The molecule has 0 spiro atoms. The van der Waals surface area contributed by atoms with Gasteiger partial charge in [-0.2, -0.15) is 0 Å². The van der Waals surface area contributed by atoms with Crippen LogP contribution in [0, 0.1) is 6.92 Å². The Kier molecular flexibility index (Phi) is 6.46. The van der Waals surface area contributed by atoms with Crippen molar-refractivity contribution >= 4 is 18.0 Å². The van der Waals surface area contributed by atoms with Crippen molar-refractivity contribution in [1.82, 2.24) is 5.32 Å². The summed E-state index contributed by atoms with van der Waals surface area (Å²) in [6, 6.07) is 6.72. The van der Waals surface area contributed by atoms with Crippen LogP contribution >= 0.6 is 0 Å². The predicted octanol–water partition coefficient (Wildman–Crippen LogP) is 1.61. The van der Waals surface area contributed by atoms with Gasteiger partial charge < -0.3 is 15.2 Å². The Morgan fingerprint density at radius 3 is 2.80 bits per heavy atom. The maximum absolute atomic E-state index is 11.7. The minimum Gasteiger partial charge on any atom is -0.480 e. The number of carbonyl (C=O) groups is 2. The second-order valence-corrected chi connectivity index (χ2v) is 4.43. The Morgan fingerprint density at radius 1 is 1.45 bits per heavy atom. The molecule has 1 amide bonds. The van der Waals surface area contributed by atoms with Crippen molar-refractivity contribution in [3.8, 4) is 0 Å². The van der Waals surface area contributed by atoms with Crippen LogP contribution in [0.2, 0.25) is 0 Å². The van der Waals surface area contributed by atoms with E-state index in [4.69, 9.17) is 9.84 Å². The van der Waals surface area contributed by atoms with Crippen LogP contribution in [-0.4, -0.2) is 36.7 Å². The van der Waals surface area contributed by atoms with E-state index in [-0.39, 0.29) is 13.0 Å². The van der Waals surface area contributed by atoms with Crippen molar-refractivity contribution in [2.24, 2.45) is 0 Å². The number of amides is 1. The van der Waals surface area contributed by atoms with Gasteiger partial charge in [0.1, 0.15) is 6.04 Å². The van der Waals surface area contributed by atoms with Gasteiger partial charge in [-0.1, -0.05) is 29.8 Å². The molecule has 5 nitrogen and oxygen atoms in total. The quantitative estimate of drug-likeness (QED) is 0.742. The molecule has 0 saturated carbocycles. The highest BCUT2D eigenvalue weighted by Gasteiger charge is 2.18. The lowest BCUT2D eigenvalue weighted by atomic mass is 10.1. The van der Waals surface area contributed by atoms with E-state index in [9.17, 15) is 9.59 Å². The van der Waals surface area contributed by atoms with Crippen molar-refractivity contribution in [1.29, 1.82) is 0 Å². The van der Waals surface area contributed by atoms with Crippen LogP contribution in [0.1, 0.15) is 17.5 Å². The lowest BCUT2D eigenvalue weighted by molar-refractivity contribution is -0.141. The van der Waals surface area contributed by atoms with Gasteiger partial charge in [0.15, 0.2) is 0 Å². The zero-order valence-corrected chi connectivity index (χ0v) is 11.6. The summed E-state index contributed by atoms with van der Waals surface area (Å²) in [6.45, 7) is 2.24. The fourth-order valence-corrected chi connectivity index (χ4v) is 1.66. The highest BCUT2D eigenvalue weighted by molar-refractivity contribution is 5.94.